The minimum absolute atomic E-state index is 0.0649. The zero-order chi connectivity index (χ0) is 35.4. The summed E-state index contributed by atoms with van der Waals surface area (Å²) in [5.74, 6) is 3.03. The summed E-state index contributed by atoms with van der Waals surface area (Å²) in [6.07, 6.45) is 49.1. The highest BCUT2D eigenvalue weighted by Crippen LogP contribution is 2.62. The summed E-state index contributed by atoms with van der Waals surface area (Å²) >= 11 is 0. The van der Waals surface area contributed by atoms with Crippen LogP contribution in [0.25, 0.3) is 23.8 Å². The van der Waals surface area contributed by atoms with Crippen molar-refractivity contribution in [1.29, 1.82) is 0 Å². The molecule has 7 unspecified atom stereocenters. The van der Waals surface area contributed by atoms with Gasteiger partial charge in [0.25, 0.3) is 0 Å². The molecule has 0 N–H and O–H groups in total. The maximum atomic E-state index is 5.62. The number of allylic oxidation sites excluding steroid dienone is 14. The average molecular weight is 697 g/mol. The second-order valence-corrected chi connectivity index (χ2v) is 17.6. The van der Waals surface area contributed by atoms with Crippen molar-refractivity contribution in [3.8, 4) is 5.95 Å². The largest absolute Gasteiger partial charge is 0.336 e. The summed E-state index contributed by atoms with van der Waals surface area (Å²) in [5, 5.41) is 0. The minimum Gasteiger partial charge on any atom is -0.336 e. The summed E-state index contributed by atoms with van der Waals surface area (Å²) in [6, 6.07) is 0.312. The molecule has 4 nitrogen and oxygen atoms in total. The quantitative estimate of drug-likeness (QED) is 0.300. The van der Waals surface area contributed by atoms with Crippen LogP contribution in [-0.4, -0.2) is 25.5 Å². The molecular weight excluding hydrogens is 645 g/mol. The zero-order valence-electron chi connectivity index (χ0n) is 31.7. The Balaban J connectivity index is 1.11. The first-order valence-electron chi connectivity index (χ1n) is 20.9. The van der Waals surface area contributed by atoms with Crippen molar-refractivity contribution in [1.82, 2.24) is 19.4 Å². The lowest BCUT2D eigenvalue weighted by Gasteiger charge is -2.45. The first-order chi connectivity index (χ1) is 26.0. The molecular formula is C49H52N4. The van der Waals surface area contributed by atoms with Gasteiger partial charge in [-0.2, -0.15) is 0 Å². The lowest BCUT2D eigenvalue weighted by molar-refractivity contribution is 0.325. The first kappa shape index (κ1) is 32.0. The average Bonchev–Trinajstić information content (AvgIpc) is 3.72. The van der Waals surface area contributed by atoms with E-state index < -0.39 is 0 Å². The molecule has 268 valence electrons. The van der Waals surface area contributed by atoms with Gasteiger partial charge in [-0.05, 0) is 116 Å². The Hall–Kier alpha value is -4.44. The lowest BCUT2D eigenvalue weighted by atomic mass is 9.58. The molecule has 8 aliphatic carbocycles. The number of aromatic nitrogens is 3. The van der Waals surface area contributed by atoms with Crippen LogP contribution in [0.2, 0.25) is 0 Å². The molecule has 1 aliphatic heterocycles. The molecule has 0 aromatic carbocycles. The Morgan fingerprint density at radius 2 is 1.79 bits per heavy atom. The van der Waals surface area contributed by atoms with Gasteiger partial charge in [0.15, 0.2) is 0 Å². The lowest BCUT2D eigenvalue weighted by Crippen LogP contribution is -2.39. The number of nitrogens with zero attached hydrogens (tertiary/aromatic N) is 4. The fourth-order valence-electron chi connectivity index (χ4n) is 12.0. The minimum atomic E-state index is -0.0649. The van der Waals surface area contributed by atoms with Crippen molar-refractivity contribution in [2.75, 3.05) is 0 Å². The third kappa shape index (κ3) is 4.66. The predicted octanol–water partition coefficient (Wildman–Crippen LogP) is 11.4. The predicted molar refractivity (Wildman–Crippen MR) is 217 cm³/mol. The second kappa shape index (κ2) is 12.0. The van der Waals surface area contributed by atoms with E-state index in [9.17, 15) is 0 Å². The van der Waals surface area contributed by atoms with Gasteiger partial charge in [-0.25, -0.2) is 9.97 Å². The van der Waals surface area contributed by atoms with Crippen molar-refractivity contribution in [2.24, 2.45) is 23.7 Å². The maximum absolute atomic E-state index is 5.62. The van der Waals surface area contributed by atoms with Crippen LogP contribution in [0, 0.1) is 23.7 Å². The fraction of sp³-hybridized carbons (Fsp3) is 0.429. The smallest absolute Gasteiger partial charge is 0.234 e. The van der Waals surface area contributed by atoms with Crippen LogP contribution in [0.4, 0.5) is 0 Å². The highest BCUT2D eigenvalue weighted by molar-refractivity contribution is 5.83. The Morgan fingerprint density at radius 1 is 0.906 bits per heavy atom. The molecule has 4 heteroatoms. The fourth-order valence-corrected chi connectivity index (χ4v) is 12.0. The Morgan fingerprint density at radius 3 is 2.72 bits per heavy atom. The Labute approximate surface area is 315 Å². The zero-order valence-corrected chi connectivity index (χ0v) is 31.7. The van der Waals surface area contributed by atoms with Crippen molar-refractivity contribution in [3.05, 3.63) is 141 Å². The second-order valence-electron chi connectivity index (χ2n) is 17.6. The highest BCUT2D eigenvalue weighted by atomic mass is 15.3. The molecule has 0 radical (unpaired) electrons. The van der Waals surface area contributed by atoms with Crippen LogP contribution in [0.3, 0.4) is 0 Å². The van der Waals surface area contributed by atoms with Gasteiger partial charge in [-0.3, -0.25) is 4.57 Å². The van der Waals surface area contributed by atoms with Crippen LogP contribution in [0.15, 0.2) is 107 Å². The third-order valence-electron chi connectivity index (χ3n) is 14.5. The van der Waals surface area contributed by atoms with E-state index >= 15 is 0 Å². The molecule has 0 fully saturated rings. The van der Waals surface area contributed by atoms with E-state index in [0.717, 1.165) is 38.1 Å². The summed E-state index contributed by atoms with van der Waals surface area (Å²) in [6.45, 7) is 7.41. The molecule has 2 aromatic rings. The molecule has 9 aliphatic rings. The molecule has 3 heterocycles. The van der Waals surface area contributed by atoms with E-state index in [4.69, 9.17) is 9.97 Å². The van der Waals surface area contributed by atoms with Crippen molar-refractivity contribution < 1.29 is 0 Å². The molecule has 0 amide bonds. The van der Waals surface area contributed by atoms with Crippen LogP contribution >= 0.6 is 0 Å². The SMILES string of the molecule is CC1CCCC=C1N1C2=C(C3C=CC=CC31)C1CCC=CC1(C)c1c3c(n(-c4ncc5c(n4)C(C)CC(C4C=C6C=CCCC6=CC4)=C5)c12)C=CCC3. The van der Waals surface area contributed by atoms with Crippen LogP contribution in [0.1, 0.15) is 125 Å². The van der Waals surface area contributed by atoms with Crippen molar-refractivity contribution in [3.63, 3.8) is 0 Å². The standard InChI is InChI=1S/C49H52N4/c1-30-14-4-9-20-40(30)52-41-21-10-7-17-37(41)43-39-19-12-13-25-49(39,3)44-38-18-8-11-22-42(38)53(47(44)46(43)52)48-50-29-36-28-35(26-31(2)45(36)51-48)34-24-23-32-15-5-6-16-33(32)27-34/h6-7,10-11,13,16-17,20-23,25,27-31,34,37,39,41H,4-5,8-9,12,14-15,18-19,24,26H2,1-3H3. The number of hydrogen-bond acceptors (Lipinski definition) is 3. The monoisotopic (exact) mass is 696 g/mol. The van der Waals surface area contributed by atoms with Gasteiger partial charge in [0.2, 0.25) is 5.95 Å². The van der Waals surface area contributed by atoms with Gasteiger partial charge < -0.3 is 4.90 Å². The molecule has 0 saturated carbocycles. The summed E-state index contributed by atoms with van der Waals surface area (Å²) in [5.41, 5.74) is 17.2. The summed E-state index contributed by atoms with van der Waals surface area (Å²) in [7, 11) is 0. The molecule has 7 atom stereocenters. The Bertz CT molecular complexity index is 2250. The van der Waals surface area contributed by atoms with Crippen LogP contribution in [0.5, 0.6) is 0 Å². The van der Waals surface area contributed by atoms with Crippen LogP contribution in [-0.2, 0) is 11.8 Å². The van der Waals surface area contributed by atoms with E-state index in [1.165, 1.54) is 94.8 Å². The Kier molecular flexibility index (Phi) is 7.27. The topological polar surface area (TPSA) is 34.0 Å². The van der Waals surface area contributed by atoms with E-state index in [1.807, 2.05) is 0 Å². The molecule has 0 saturated heterocycles. The number of fused-ring (bicyclic) bond motifs is 11. The van der Waals surface area contributed by atoms with Gasteiger partial charge in [0.1, 0.15) is 0 Å². The number of hydrogen-bond donors (Lipinski definition) is 0. The van der Waals surface area contributed by atoms with Crippen molar-refractivity contribution in [2.45, 2.75) is 109 Å². The molecule has 53 heavy (non-hydrogen) atoms. The summed E-state index contributed by atoms with van der Waals surface area (Å²) in [4.78, 5) is 13.8. The highest BCUT2D eigenvalue weighted by Gasteiger charge is 2.56. The summed E-state index contributed by atoms with van der Waals surface area (Å²) < 4.78 is 2.53. The maximum Gasteiger partial charge on any atom is 0.234 e. The molecule has 11 rings (SSSR count). The van der Waals surface area contributed by atoms with Gasteiger partial charge in [-0.15, -0.1) is 0 Å². The van der Waals surface area contributed by atoms with Gasteiger partial charge >= 0.3 is 0 Å². The normalized spacial score (nSPS) is 33.2. The van der Waals surface area contributed by atoms with Gasteiger partial charge in [-0.1, -0.05) is 105 Å². The van der Waals surface area contributed by atoms with E-state index in [1.54, 1.807) is 11.1 Å². The molecule has 2 aromatic heterocycles. The van der Waals surface area contributed by atoms with Gasteiger partial charge in [0, 0.05) is 40.6 Å². The third-order valence-corrected chi connectivity index (χ3v) is 14.5. The van der Waals surface area contributed by atoms with Crippen molar-refractivity contribution >= 4 is 17.8 Å². The van der Waals surface area contributed by atoms with E-state index in [-0.39, 0.29) is 5.41 Å². The van der Waals surface area contributed by atoms with Crippen LogP contribution < -0.4 is 0 Å². The number of rotatable bonds is 3. The molecule has 0 bridgehead atoms. The first-order valence-corrected chi connectivity index (χ1v) is 20.9. The van der Waals surface area contributed by atoms with E-state index in [0.29, 0.717) is 35.6 Å². The molecule has 0 spiro atoms. The van der Waals surface area contributed by atoms with Gasteiger partial charge in [0.05, 0.1) is 28.8 Å². The van der Waals surface area contributed by atoms with E-state index in [2.05, 4.69) is 121 Å².